The molecule has 0 unspecified atom stereocenters. The van der Waals surface area contributed by atoms with E-state index in [1.54, 1.807) is 0 Å². The summed E-state index contributed by atoms with van der Waals surface area (Å²) in [6, 6.07) is 81.3. The maximum absolute atomic E-state index is 2.43. The molecule has 0 bridgehead atoms. The van der Waals surface area contributed by atoms with Crippen molar-refractivity contribution in [2.45, 2.75) is 19.3 Å². The Hall–Kier alpha value is -6.15. The molecule has 1 heteroatoms. The number of fused-ring (bicyclic) bond motifs is 2. The maximum atomic E-state index is 2.43. The Kier molecular flexibility index (Phi) is 12.3. The Morgan fingerprint density at radius 1 is 0.317 bits per heavy atom. The summed E-state index contributed by atoms with van der Waals surface area (Å²) in [6.45, 7) is 4.37. The van der Waals surface area contributed by atoms with Crippen LogP contribution in [0.5, 0.6) is 0 Å². The first-order chi connectivity index (χ1) is 28.1. The van der Waals surface area contributed by atoms with Crippen LogP contribution in [-0.4, -0.2) is 0 Å². The smallest absolute Gasteiger partial charge is 0.358 e. The average Bonchev–Trinajstić information content (AvgIpc) is 3.86. The standard InChI is InChI=1S/C57H42.2CH3.Hf/c1-39-21-33-49(34-22-39)57(50-35-23-40(2)24-36-50,55-51-19-11-9-17-47(51)37-53(55)45-29-25-43(26-30-45)41-13-5-3-6-14-41)56-52-20-12-10-18-48(52)38-54(56)46-31-27-44(28-32-46)42-15-7-4-8-16-42;;;/h3-38H,1-2H3;2*1H3;/q-2;2*-1;+4. The van der Waals surface area contributed by atoms with Crippen molar-refractivity contribution in [1.82, 2.24) is 0 Å². The number of rotatable bonds is 8. The summed E-state index contributed by atoms with van der Waals surface area (Å²) in [4.78, 5) is 0. The van der Waals surface area contributed by atoms with E-state index in [4.69, 9.17) is 0 Å². The van der Waals surface area contributed by atoms with Crippen LogP contribution in [0.1, 0.15) is 33.4 Å². The van der Waals surface area contributed by atoms with Crippen molar-refractivity contribution in [2.24, 2.45) is 0 Å². The molecule has 10 rings (SSSR count). The summed E-state index contributed by atoms with van der Waals surface area (Å²) >= 11 is 0. The zero-order chi connectivity index (χ0) is 38.3. The molecule has 0 saturated heterocycles. The molecule has 60 heavy (non-hydrogen) atoms. The summed E-state index contributed by atoms with van der Waals surface area (Å²) in [7, 11) is 0. The van der Waals surface area contributed by atoms with E-state index in [0.717, 1.165) is 0 Å². The predicted molar refractivity (Wildman–Crippen MR) is 255 cm³/mol. The minimum Gasteiger partial charge on any atom is -0.358 e. The number of aryl methyl sites for hydroxylation is 2. The largest absolute Gasteiger partial charge is 4.00 e. The molecule has 0 spiro atoms. The predicted octanol–water partition coefficient (Wildman–Crippen LogP) is 16.0. The van der Waals surface area contributed by atoms with Gasteiger partial charge in [-0.2, -0.15) is 0 Å². The molecule has 0 aliphatic heterocycles. The molecule has 0 aliphatic carbocycles. The number of benzene rings is 8. The van der Waals surface area contributed by atoms with Gasteiger partial charge in [-0.25, -0.2) is 0 Å². The Morgan fingerprint density at radius 3 is 0.983 bits per heavy atom. The van der Waals surface area contributed by atoms with Gasteiger partial charge in [0.05, 0.1) is 0 Å². The maximum Gasteiger partial charge on any atom is 4.00 e. The van der Waals surface area contributed by atoms with Gasteiger partial charge in [0.1, 0.15) is 0 Å². The van der Waals surface area contributed by atoms with Gasteiger partial charge in [-0.3, -0.25) is 0 Å². The fourth-order valence-corrected chi connectivity index (χ4v) is 9.13. The van der Waals surface area contributed by atoms with Crippen molar-refractivity contribution in [3.8, 4) is 44.5 Å². The molecule has 0 saturated carbocycles. The molecule has 0 aromatic heterocycles. The van der Waals surface area contributed by atoms with E-state index in [0.29, 0.717) is 0 Å². The summed E-state index contributed by atoms with van der Waals surface area (Å²) in [5, 5.41) is 5.00. The first-order valence-electron chi connectivity index (χ1n) is 19.9. The van der Waals surface area contributed by atoms with Crippen LogP contribution in [0.2, 0.25) is 0 Å². The molecule has 0 radical (unpaired) electrons. The van der Waals surface area contributed by atoms with Crippen LogP contribution in [0.4, 0.5) is 0 Å². The molecule has 0 heterocycles. The molecule has 0 fully saturated rings. The summed E-state index contributed by atoms with van der Waals surface area (Å²) in [5.74, 6) is 0. The molecule has 10 aromatic carbocycles. The molecule has 0 N–H and O–H groups in total. The summed E-state index contributed by atoms with van der Waals surface area (Å²) < 4.78 is 0. The average molecular weight is 936 g/mol. The first-order valence-corrected chi connectivity index (χ1v) is 19.9. The molecular weight excluding hydrogens is 887 g/mol. The minimum absolute atomic E-state index is 0. The molecule has 0 atom stereocenters. The van der Waals surface area contributed by atoms with Gasteiger partial charge < -0.3 is 14.9 Å². The second-order valence-corrected chi connectivity index (χ2v) is 15.4. The molecular formula is C59H48Hf. The van der Waals surface area contributed by atoms with Crippen molar-refractivity contribution in [2.75, 3.05) is 0 Å². The van der Waals surface area contributed by atoms with Crippen LogP contribution in [0, 0.1) is 28.7 Å². The topological polar surface area (TPSA) is 0 Å². The van der Waals surface area contributed by atoms with Crippen LogP contribution in [0.15, 0.2) is 218 Å². The van der Waals surface area contributed by atoms with Crippen LogP contribution in [0.25, 0.3) is 66.1 Å². The Bertz CT molecular complexity index is 2750. The van der Waals surface area contributed by atoms with Crippen LogP contribution in [0.3, 0.4) is 0 Å². The molecule has 0 amide bonds. The number of hydrogen-bond donors (Lipinski definition) is 0. The van der Waals surface area contributed by atoms with E-state index in [2.05, 4.69) is 232 Å². The summed E-state index contributed by atoms with van der Waals surface area (Å²) in [6.07, 6.45) is 0. The van der Waals surface area contributed by atoms with Crippen LogP contribution < -0.4 is 0 Å². The third-order valence-corrected chi connectivity index (χ3v) is 11.9. The van der Waals surface area contributed by atoms with E-state index >= 15 is 0 Å². The van der Waals surface area contributed by atoms with Crippen molar-refractivity contribution in [3.05, 3.63) is 267 Å². The van der Waals surface area contributed by atoms with Crippen LogP contribution >= 0.6 is 0 Å². The van der Waals surface area contributed by atoms with Gasteiger partial charge in [0.2, 0.25) is 0 Å². The minimum atomic E-state index is -0.714. The molecule has 288 valence electrons. The fourth-order valence-electron chi connectivity index (χ4n) is 9.13. The van der Waals surface area contributed by atoms with Gasteiger partial charge in [0.15, 0.2) is 0 Å². The normalized spacial score (nSPS) is 11.1. The Labute approximate surface area is 375 Å². The second kappa shape index (κ2) is 17.6. The van der Waals surface area contributed by atoms with E-state index in [1.807, 2.05) is 0 Å². The first kappa shape index (κ1) is 42.0. The zero-order valence-electron chi connectivity index (χ0n) is 34.8. The van der Waals surface area contributed by atoms with Gasteiger partial charge in [-0.05, 0) is 47.2 Å². The third kappa shape index (κ3) is 7.26. The van der Waals surface area contributed by atoms with Crippen molar-refractivity contribution in [1.29, 1.82) is 0 Å². The van der Waals surface area contributed by atoms with Gasteiger partial charge in [0.25, 0.3) is 0 Å². The van der Waals surface area contributed by atoms with E-state index in [-0.39, 0.29) is 40.7 Å². The SMILES string of the molecule is Cc1ccc(C(c2ccc(C)cc2)(c2c(-c3ccc(-c4ccccc4)cc3)[cH-]c3ccccc23)c2c(-c3ccc(-c4ccccc4)cc3)[cH-]c3ccccc23)cc1.[CH3-].[CH3-].[Hf+4]. The monoisotopic (exact) mass is 936 g/mol. The Balaban J connectivity index is 0.00000181. The van der Waals surface area contributed by atoms with E-state index in [1.165, 1.54) is 99.4 Å². The van der Waals surface area contributed by atoms with Crippen molar-refractivity contribution < 1.29 is 25.8 Å². The van der Waals surface area contributed by atoms with E-state index < -0.39 is 5.41 Å². The molecule has 0 nitrogen and oxygen atoms in total. The quantitative estimate of drug-likeness (QED) is 0.105. The molecule has 10 aromatic rings. The third-order valence-electron chi connectivity index (χ3n) is 11.9. The second-order valence-electron chi connectivity index (χ2n) is 15.4. The molecule has 0 aliphatic rings. The van der Waals surface area contributed by atoms with Gasteiger partial charge in [-0.1, -0.05) is 216 Å². The van der Waals surface area contributed by atoms with Crippen molar-refractivity contribution in [3.63, 3.8) is 0 Å². The number of hydrogen-bond acceptors (Lipinski definition) is 0. The van der Waals surface area contributed by atoms with Gasteiger partial charge in [0, 0.05) is 5.41 Å². The van der Waals surface area contributed by atoms with Gasteiger partial charge in [-0.15, -0.1) is 68.1 Å². The van der Waals surface area contributed by atoms with Gasteiger partial charge >= 0.3 is 25.8 Å². The fraction of sp³-hybridized carbons (Fsp3) is 0.0508. The van der Waals surface area contributed by atoms with Crippen molar-refractivity contribution >= 4 is 21.5 Å². The summed E-state index contributed by atoms with van der Waals surface area (Å²) in [5.41, 5.74) is 16.6. The Morgan fingerprint density at radius 2 is 0.617 bits per heavy atom. The van der Waals surface area contributed by atoms with E-state index in [9.17, 15) is 0 Å². The van der Waals surface area contributed by atoms with Crippen LogP contribution in [-0.2, 0) is 31.3 Å². The zero-order valence-corrected chi connectivity index (χ0v) is 38.4.